The molecule has 3 rings (SSSR count). The molecule has 3 aromatic rings. The summed E-state index contributed by atoms with van der Waals surface area (Å²) in [5.41, 5.74) is 2.32. The molecule has 0 fully saturated rings. The Morgan fingerprint density at radius 1 is 0.857 bits per heavy atom. The summed E-state index contributed by atoms with van der Waals surface area (Å²) in [6.07, 6.45) is 0. The monoisotopic (exact) mass is 274 g/mol. The van der Waals surface area contributed by atoms with Crippen molar-refractivity contribution < 1.29 is 4.74 Å². The second-order valence-electron chi connectivity index (χ2n) is 5.04. The Bertz CT molecular complexity index is 740. The number of methoxy groups -OCH3 is 1. The van der Waals surface area contributed by atoms with Crippen LogP contribution in [0.5, 0.6) is 5.75 Å². The number of rotatable bonds is 4. The SMILES string of the molecule is COc1ccc(N(C)[B]c2ccc3ccccc3c2)cc1. The van der Waals surface area contributed by atoms with Crippen LogP contribution in [0.1, 0.15) is 0 Å². The van der Waals surface area contributed by atoms with Crippen LogP contribution in [-0.2, 0) is 0 Å². The summed E-state index contributed by atoms with van der Waals surface area (Å²) in [5.74, 6) is 0.873. The molecule has 0 aromatic heterocycles. The highest BCUT2D eigenvalue weighted by molar-refractivity contribution is 6.57. The summed E-state index contributed by atoms with van der Waals surface area (Å²) in [4.78, 5) is 2.11. The second kappa shape index (κ2) is 5.92. The number of ether oxygens (including phenoxy) is 1. The van der Waals surface area contributed by atoms with Gasteiger partial charge in [-0.15, -0.1) is 0 Å². The highest BCUT2D eigenvalue weighted by atomic mass is 16.5. The Balaban J connectivity index is 1.79. The molecular weight excluding hydrogens is 257 g/mol. The minimum Gasteiger partial charge on any atom is -0.497 e. The first-order chi connectivity index (χ1) is 10.3. The van der Waals surface area contributed by atoms with Gasteiger partial charge >= 0.3 is 0 Å². The summed E-state index contributed by atoms with van der Waals surface area (Å²) < 4.78 is 5.19. The highest BCUT2D eigenvalue weighted by Gasteiger charge is 2.06. The fourth-order valence-corrected chi connectivity index (χ4v) is 2.40. The number of fused-ring (bicyclic) bond motifs is 1. The second-order valence-corrected chi connectivity index (χ2v) is 5.04. The van der Waals surface area contributed by atoms with Crippen LogP contribution in [0.2, 0.25) is 0 Å². The molecule has 0 aliphatic heterocycles. The van der Waals surface area contributed by atoms with Crippen molar-refractivity contribution in [1.29, 1.82) is 0 Å². The molecule has 0 N–H and O–H groups in total. The molecule has 0 unspecified atom stereocenters. The first-order valence-electron chi connectivity index (χ1n) is 6.97. The Morgan fingerprint density at radius 3 is 2.29 bits per heavy atom. The lowest BCUT2D eigenvalue weighted by atomic mass is 9.79. The van der Waals surface area contributed by atoms with Gasteiger partial charge in [0.25, 0.3) is 7.41 Å². The van der Waals surface area contributed by atoms with E-state index in [1.807, 2.05) is 12.1 Å². The van der Waals surface area contributed by atoms with E-state index in [2.05, 4.69) is 73.9 Å². The third-order valence-corrected chi connectivity index (χ3v) is 3.60. The standard InChI is InChI=1S/C18H17BNO/c1-20(17-9-11-18(21-2)12-10-17)19-16-8-7-14-5-3-4-6-15(14)13-16/h3-13H,1-2H3. The van der Waals surface area contributed by atoms with Crippen molar-refractivity contribution in [3.05, 3.63) is 66.7 Å². The first kappa shape index (κ1) is 13.6. The van der Waals surface area contributed by atoms with Crippen LogP contribution in [0.25, 0.3) is 10.8 Å². The molecule has 0 saturated heterocycles. The van der Waals surface area contributed by atoms with E-state index in [9.17, 15) is 0 Å². The van der Waals surface area contributed by atoms with E-state index < -0.39 is 0 Å². The zero-order chi connectivity index (χ0) is 14.7. The zero-order valence-electron chi connectivity index (χ0n) is 12.3. The van der Waals surface area contributed by atoms with Gasteiger partial charge in [-0.25, -0.2) is 0 Å². The van der Waals surface area contributed by atoms with E-state index >= 15 is 0 Å². The molecule has 21 heavy (non-hydrogen) atoms. The number of hydrogen-bond donors (Lipinski definition) is 0. The van der Waals surface area contributed by atoms with Gasteiger partial charge in [0.2, 0.25) is 0 Å². The predicted molar refractivity (Wildman–Crippen MR) is 90.7 cm³/mol. The van der Waals surface area contributed by atoms with Gasteiger partial charge in [0.05, 0.1) is 7.11 Å². The number of anilines is 1. The van der Waals surface area contributed by atoms with Crippen molar-refractivity contribution in [1.82, 2.24) is 0 Å². The van der Waals surface area contributed by atoms with Gasteiger partial charge in [0.1, 0.15) is 5.75 Å². The molecule has 0 saturated carbocycles. The van der Waals surface area contributed by atoms with E-state index in [1.54, 1.807) is 7.11 Å². The lowest BCUT2D eigenvalue weighted by molar-refractivity contribution is 0.415. The quantitative estimate of drug-likeness (QED) is 0.677. The van der Waals surface area contributed by atoms with Crippen molar-refractivity contribution in [3.63, 3.8) is 0 Å². The van der Waals surface area contributed by atoms with Crippen molar-refractivity contribution >= 4 is 29.3 Å². The maximum absolute atomic E-state index is 5.19. The zero-order valence-corrected chi connectivity index (χ0v) is 12.3. The third-order valence-electron chi connectivity index (χ3n) is 3.60. The van der Waals surface area contributed by atoms with Crippen LogP contribution in [0.3, 0.4) is 0 Å². The largest absolute Gasteiger partial charge is 0.497 e. The van der Waals surface area contributed by atoms with Gasteiger partial charge in [-0.05, 0) is 42.1 Å². The lowest BCUT2D eigenvalue weighted by Crippen LogP contribution is -2.32. The van der Waals surface area contributed by atoms with Crippen molar-refractivity contribution in [2.45, 2.75) is 0 Å². The average molecular weight is 274 g/mol. The van der Waals surface area contributed by atoms with Crippen LogP contribution < -0.4 is 15.0 Å². The third kappa shape index (κ3) is 3.02. The molecule has 0 aliphatic carbocycles. The van der Waals surface area contributed by atoms with Gasteiger partial charge in [0.15, 0.2) is 0 Å². The van der Waals surface area contributed by atoms with Gasteiger partial charge in [0, 0.05) is 5.69 Å². The lowest BCUT2D eigenvalue weighted by Gasteiger charge is -2.19. The van der Waals surface area contributed by atoms with E-state index in [4.69, 9.17) is 4.74 Å². The molecule has 2 nitrogen and oxygen atoms in total. The van der Waals surface area contributed by atoms with Gasteiger partial charge in [-0.2, -0.15) is 0 Å². The van der Waals surface area contributed by atoms with Crippen LogP contribution in [-0.4, -0.2) is 21.6 Å². The molecule has 3 heteroatoms. The summed E-state index contributed by atoms with van der Waals surface area (Å²) in [6, 6.07) is 23.0. The molecule has 1 radical (unpaired) electrons. The molecule has 3 aromatic carbocycles. The van der Waals surface area contributed by atoms with Crippen LogP contribution in [0, 0.1) is 0 Å². The fourth-order valence-electron chi connectivity index (χ4n) is 2.40. The molecule has 0 atom stereocenters. The Hall–Kier alpha value is -2.42. The van der Waals surface area contributed by atoms with E-state index in [1.165, 1.54) is 16.2 Å². The van der Waals surface area contributed by atoms with Crippen LogP contribution in [0.15, 0.2) is 66.7 Å². The minimum absolute atomic E-state index is 0.873. The molecule has 0 aliphatic rings. The summed E-state index contributed by atoms with van der Waals surface area (Å²) >= 11 is 0. The van der Waals surface area contributed by atoms with Gasteiger partial charge < -0.3 is 9.55 Å². The van der Waals surface area contributed by atoms with E-state index in [-0.39, 0.29) is 0 Å². The molecule has 0 heterocycles. The van der Waals surface area contributed by atoms with Crippen LogP contribution in [0.4, 0.5) is 5.69 Å². The summed E-state index contributed by atoms with van der Waals surface area (Å²) in [7, 11) is 5.87. The molecule has 0 spiro atoms. The molecule has 0 bridgehead atoms. The summed E-state index contributed by atoms with van der Waals surface area (Å²) in [6.45, 7) is 0. The summed E-state index contributed by atoms with van der Waals surface area (Å²) in [5, 5.41) is 2.52. The number of hydrogen-bond acceptors (Lipinski definition) is 2. The van der Waals surface area contributed by atoms with Crippen molar-refractivity contribution in [2.75, 3.05) is 19.0 Å². The normalized spacial score (nSPS) is 10.4. The van der Waals surface area contributed by atoms with E-state index in [0.717, 1.165) is 11.4 Å². The Kier molecular flexibility index (Phi) is 3.82. The maximum atomic E-state index is 5.19. The molecule has 0 amide bonds. The average Bonchev–Trinajstić information content (AvgIpc) is 2.55. The molecule has 103 valence electrons. The minimum atomic E-state index is 0.873. The van der Waals surface area contributed by atoms with E-state index in [0.29, 0.717) is 0 Å². The van der Waals surface area contributed by atoms with Gasteiger partial charge in [-0.1, -0.05) is 47.9 Å². The fraction of sp³-hybridized carbons (Fsp3) is 0.111. The van der Waals surface area contributed by atoms with Crippen LogP contribution >= 0.6 is 0 Å². The highest BCUT2D eigenvalue weighted by Crippen LogP contribution is 2.17. The first-order valence-corrected chi connectivity index (χ1v) is 6.97. The Morgan fingerprint density at radius 2 is 1.57 bits per heavy atom. The van der Waals surface area contributed by atoms with Crippen molar-refractivity contribution in [3.8, 4) is 5.75 Å². The smallest absolute Gasteiger partial charge is 0.285 e. The topological polar surface area (TPSA) is 12.5 Å². The number of benzene rings is 3. The predicted octanol–water partition coefficient (Wildman–Crippen LogP) is 3.23. The van der Waals surface area contributed by atoms with Crippen molar-refractivity contribution in [2.24, 2.45) is 0 Å². The van der Waals surface area contributed by atoms with Gasteiger partial charge in [-0.3, -0.25) is 0 Å². The Labute approximate surface area is 126 Å². The maximum Gasteiger partial charge on any atom is 0.285 e. The number of nitrogens with zero attached hydrogens (tertiary/aromatic N) is 1. The molecular formula is C18H17BNO.